The van der Waals surface area contributed by atoms with Gasteiger partial charge in [0.15, 0.2) is 0 Å². The molecule has 1 unspecified atom stereocenters. The minimum absolute atomic E-state index is 0.0215. The van der Waals surface area contributed by atoms with Crippen molar-refractivity contribution in [3.8, 4) is 0 Å². The summed E-state index contributed by atoms with van der Waals surface area (Å²) in [5.74, 6) is -0.318. The SMILES string of the molecule is CNCC(=O)NC(C)Cc1ccc(F)c(Br)c1. The van der Waals surface area contributed by atoms with E-state index in [4.69, 9.17) is 0 Å². The first-order valence-electron chi connectivity index (χ1n) is 5.41. The van der Waals surface area contributed by atoms with E-state index < -0.39 is 0 Å². The summed E-state index contributed by atoms with van der Waals surface area (Å²) < 4.78 is 13.5. The van der Waals surface area contributed by atoms with Gasteiger partial charge in [0.05, 0.1) is 11.0 Å². The molecule has 1 atom stereocenters. The zero-order valence-corrected chi connectivity index (χ0v) is 11.5. The maximum atomic E-state index is 13.0. The van der Waals surface area contributed by atoms with Gasteiger partial charge in [0.25, 0.3) is 0 Å². The van der Waals surface area contributed by atoms with Crippen LogP contribution in [0.4, 0.5) is 4.39 Å². The van der Waals surface area contributed by atoms with Gasteiger partial charge in [-0.1, -0.05) is 6.07 Å². The molecule has 0 radical (unpaired) electrons. The molecule has 0 fully saturated rings. The molecule has 1 amide bonds. The largest absolute Gasteiger partial charge is 0.352 e. The van der Waals surface area contributed by atoms with Crippen molar-refractivity contribution >= 4 is 21.8 Å². The fraction of sp³-hybridized carbons (Fsp3) is 0.417. The summed E-state index contributed by atoms with van der Waals surface area (Å²) in [5.41, 5.74) is 0.982. The Bertz CT molecular complexity index is 398. The molecule has 0 aliphatic heterocycles. The van der Waals surface area contributed by atoms with Gasteiger partial charge in [0.2, 0.25) is 5.91 Å². The molecule has 0 saturated carbocycles. The van der Waals surface area contributed by atoms with Crippen LogP contribution in [0.3, 0.4) is 0 Å². The molecule has 94 valence electrons. The van der Waals surface area contributed by atoms with Crippen LogP contribution >= 0.6 is 15.9 Å². The van der Waals surface area contributed by atoms with Gasteiger partial charge >= 0.3 is 0 Å². The lowest BCUT2D eigenvalue weighted by atomic mass is 10.1. The second kappa shape index (κ2) is 6.71. The number of carbonyl (C=O) groups excluding carboxylic acids is 1. The molecular formula is C12H16BrFN2O. The van der Waals surface area contributed by atoms with E-state index in [1.54, 1.807) is 19.2 Å². The number of hydrogen-bond acceptors (Lipinski definition) is 2. The average Bonchev–Trinajstić information content (AvgIpc) is 2.23. The zero-order chi connectivity index (χ0) is 12.8. The molecule has 1 aromatic carbocycles. The summed E-state index contributed by atoms with van der Waals surface area (Å²) in [6.45, 7) is 2.22. The van der Waals surface area contributed by atoms with Crippen LogP contribution in [0.5, 0.6) is 0 Å². The van der Waals surface area contributed by atoms with Crippen LogP contribution < -0.4 is 10.6 Å². The van der Waals surface area contributed by atoms with Crippen molar-refractivity contribution in [3.05, 3.63) is 34.1 Å². The highest BCUT2D eigenvalue weighted by Crippen LogP contribution is 2.17. The smallest absolute Gasteiger partial charge is 0.234 e. The summed E-state index contributed by atoms with van der Waals surface area (Å²) in [4.78, 5) is 11.3. The van der Waals surface area contributed by atoms with E-state index in [2.05, 4.69) is 26.6 Å². The Morgan fingerprint density at radius 3 is 2.82 bits per heavy atom. The minimum Gasteiger partial charge on any atom is -0.352 e. The first-order valence-corrected chi connectivity index (χ1v) is 6.20. The molecule has 0 aliphatic rings. The van der Waals surface area contributed by atoms with Gasteiger partial charge in [0, 0.05) is 6.04 Å². The molecule has 5 heteroatoms. The van der Waals surface area contributed by atoms with Crippen LogP contribution in [0.15, 0.2) is 22.7 Å². The van der Waals surface area contributed by atoms with E-state index in [1.807, 2.05) is 6.92 Å². The van der Waals surface area contributed by atoms with Gasteiger partial charge in [0.1, 0.15) is 5.82 Å². The number of carbonyl (C=O) groups is 1. The van der Waals surface area contributed by atoms with Gasteiger partial charge in [-0.25, -0.2) is 4.39 Å². The molecule has 17 heavy (non-hydrogen) atoms. The Kier molecular flexibility index (Phi) is 5.58. The zero-order valence-electron chi connectivity index (χ0n) is 9.89. The lowest BCUT2D eigenvalue weighted by Crippen LogP contribution is -2.39. The van der Waals surface area contributed by atoms with Crippen molar-refractivity contribution in [2.75, 3.05) is 13.6 Å². The van der Waals surface area contributed by atoms with E-state index in [9.17, 15) is 9.18 Å². The molecule has 1 aromatic rings. The third kappa shape index (κ3) is 4.83. The summed E-state index contributed by atoms with van der Waals surface area (Å²) >= 11 is 3.14. The molecule has 0 aliphatic carbocycles. The Hall–Kier alpha value is -0.940. The van der Waals surface area contributed by atoms with E-state index in [0.29, 0.717) is 17.4 Å². The van der Waals surface area contributed by atoms with Crippen LogP contribution in [0, 0.1) is 5.82 Å². The first kappa shape index (κ1) is 14.1. The predicted molar refractivity (Wildman–Crippen MR) is 69.3 cm³/mol. The number of likely N-dealkylation sites (N-methyl/N-ethyl adjacent to an activating group) is 1. The van der Waals surface area contributed by atoms with Crippen LogP contribution in [0.1, 0.15) is 12.5 Å². The van der Waals surface area contributed by atoms with Gasteiger partial charge in [-0.2, -0.15) is 0 Å². The number of rotatable bonds is 5. The maximum Gasteiger partial charge on any atom is 0.234 e. The number of nitrogens with one attached hydrogen (secondary N) is 2. The lowest BCUT2D eigenvalue weighted by Gasteiger charge is -2.14. The summed E-state index contributed by atoms with van der Waals surface area (Å²) in [7, 11) is 1.72. The summed E-state index contributed by atoms with van der Waals surface area (Å²) in [5, 5.41) is 5.64. The van der Waals surface area contributed by atoms with E-state index in [0.717, 1.165) is 5.56 Å². The minimum atomic E-state index is -0.277. The Labute approximate surface area is 109 Å². The molecule has 2 N–H and O–H groups in total. The second-order valence-corrected chi connectivity index (χ2v) is 4.81. The highest BCUT2D eigenvalue weighted by molar-refractivity contribution is 9.10. The van der Waals surface area contributed by atoms with Crippen molar-refractivity contribution in [1.82, 2.24) is 10.6 Å². The van der Waals surface area contributed by atoms with Gasteiger partial charge < -0.3 is 10.6 Å². The van der Waals surface area contributed by atoms with Gasteiger partial charge in [-0.3, -0.25) is 4.79 Å². The fourth-order valence-electron chi connectivity index (χ4n) is 1.56. The molecule has 1 rings (SSSR count). The lowest BCUT2D eigenvalue weighted by molar-refractivity contribution is -0.120. The van der Waals surface area contributed by atoms with Crippen molar-refractivity contribution in [1.29, 1.82) is 0 Å². The van der Waals surface area contributed by atoms with E-state index >= 15 is 0 Å². The third-order valence-electron chi connectivity index (χ3n) is 2.27. The third-order valence-corrected chi connectivity index (χ3v) is 2.88. The Morgan fingerprint density at radius 1 is 1.53 bits per heavy atom. The first-order chi connectivity index (χ1) is 8.02. The fourth-order valence-corrected chi connectivity index (χ4v) is 1.98. The predicted octanol–water partition coefficient (Wildman–Crippen LogP) is 1.85. The van der Waals surface area contributed by atoms with Gasteiger partial charge in [-0.15, -0.1) is 0 Å². The highest BCUT2D eigenvalue weighted by Gasteiger charge is 2.08. The standard InChI is InChI=1S/C12H16BrFN2O/c1-8(16-12(17)7-15-2)5-9-3-4-11(14)10(13)6-9/h3-4,6,8,15H,5,7H2,1-2H3,(H,16,17). The normalized spacial score (nSPS) is 12.2. The topological polar surface area (TPSA) is 41.1 Å². The van der Waals surface area contributed by atoms with Crippen LogP contribution in [-0.2, 0) is 11.2 Å². The molecule has 0 spiro atoms. The molecule has 3 nitrogen and oxygen atoms in total. The summed E-state index contributed by atoms with van der Waals surface area (Å²) in [6.07, 6.45) is 0.675. The highest BCUT2D eigenvalue weighted by atomic mass is 79.9. The van der Waals surface area contributed by atoms with Gasteiger partial charge in [-0.05, 0) is 54.0 Å². The maximum absolute atomic E-state index is 13.0. The van der Waals surface area contributed by atoms with Crippen LogP contribution in [0.25, 0.3) is 0 Å². The number of halogens is 2. The van der Waals surface area contributed by atoms with Crippen molar-refractivity contribution < 1.29 is 9.18 Å². The van der Waals surface area contributed by atoms with E-state index in [1.165, 1.54) is 6.07 Å². The molecule has 0 saturated heterocycles. The number of benzene rings is 1. The average molecular weight is 303 g/mol. The molecule has 0 bridgehead atoms. The number of hydrogen-bond donors (Lipinski definition) is 2. The molecule has 0 heterocycles. The van der Waals surface area contributed by atoms with Crippen molar-refractivity contribution in [2.24, 2.45) is 0 Å². The van der Waals surface area contributed by atoms with Crippen molar-refractivity contribution in [3.63, 3.8) is 0 Å². The van der Waals surface area contributed by atoms with Crippen LogP contribution in [0.2, 0.25) is 0 Å². The van der Waals surface area contributed by atoms with Crippen molar-refractivity contribution in [2.45, 2.75) is 19.4 Å². The monoisotopic (exact) mass is 302 g/mol. The molecular weight excluding hydrogens is 287 g/mol. The number of amides is 1. The summed E-state index contributed by atoms with van der Waals surface area (Å²) in [6, 6.07) is 4.89. The molecule has 0 aromatic heterocycles. The quantitative estimate of drug-likeness (QED) is 0.872. The Balaban J connectivity index is 2.53. The Morgan fingerprint density at radius 2 is 2.24 bits per heavy atom. The second-order valence-electron chi connectivity index (χ2n) is 3.95. The van der Waals surface area contributed by atoms with E-state index in [-0.39, 0.29) is 17.8 Å². The van der Waals surface area contributed by atoms with Crippen LogP contribution in [-0.4, -0.2) is 25.5 Å².